The molecule has 1 N–H and O–H groups in total. The Bertz CT molecular complexity index is 349. The normalized spacial score (nSPS) is 24.6. The standard InChI is InChI=1S/C16H26N2/c1-16(13-17-2)10-12-18(14-16)11-6-9-15-7-4-3-5-8-15/h3-5,7-8,17H,6,9-14H2,1-2H3. The maximum absolute atomic E-state index is 3.33. The fourth-order valence-corrected chi connectivity index (χ4v) is 3.04. The molecule has 1 atom stereocenters. The molecule has 100 valence electrons. The zero-order valence-corrected chi connectivity index (χ0v) is 11.8. The zero-order chi connectivity index (χ0) is 12.8. The fraction of sp³-hybridized carbons (Fsp3) is 0.625. The highest BCUT2D eigenvalue weighted by Crippen LogP contribution is 2.29. The highest BCUT2D eigenvalue weighted by molar-refractivity contribution is 5.14. The van der Waals surface area contributed by atoms with Crippen molar-refractivity contribution in [3.05, 3.63) is 35.9 Å². The molecule has 1 aromatic carbocycles. The summed E-state index contributed by atoms with van der Waals surface area (Å²) < 4.78 is 0. The van der Waals surface area contributed by atoms with E-state index in [0.717, 1.165) is 6.54 Å². The minimum absolute atomic E-state index is 0.488. The Kier molecular flexibility index (Phi) is 4.79. The van der Waals surface area contributed by atoms with E-state index in [1.807, 2.05) is 0 Å². The van der Waals surface area contributed by atoms with Crippen LogP contribution >= 0.6 is 0 Å². The van der Waals surface area contributed by atoms with Crippen molar-refractivity contribution in [2.24, 2.45) is 5.41 Å². The van der Waals surface area contributed by atoms with Gasteiger partial charge in [0.05, 0.1) is 0 Å². The number of nitrogens with zero attached hydrogens (tertiary/aromatic N) is 1. The van der Waals surface area contributed by atoms with E-state index in [1.165, 1.54) is 44.5 Å². The maximum atomic E-state index is 3.33. The van der Waals surface area contributed by atoms with Crippen LogP contribution in [0.25, 0.3) is 0 Å². The van der Waals surface area contributed by atoms with Crippen LogP contribution in [0.3, 0.4) is 0 Å². The van der Waals surface area contributed by atoms with Gasteiger partial charge in [-0.25, -0.2) is 0 Å². The molecular weight excluding hydrogens is 220 g/mol. The molecule has 18 heavy (non-hydrogen) atoms. The molecule has 0 amide bonds. The van der Waals surface area contributed by atoms with Gasteiger partial charge in [-0.15, -0.1) is 0 Å². The highest BCUT2D eigenvalue weighted by atomic mass is 15.2. The first kappa shape index (κ1) is 13.6. The Morgan fingerprint density at radius 2 is 2.06 bits per heavy atom. The molecule has 2 nitrogen and oxygen atoms in total. The number of likely N-dealkylation sites (tertiary alicyclic amines) is 1. The molecule has 0 radical (unpaired) electrons. The Balaban J connectivity index is 1.69. The van der Waals surface area contributed by atoms with Crippen molar-refractivity contribution in [1.29, 1.82) is 0 Å². The Hall–Kier alpha value is -0.860. The third-order valence-electron chi connectivity index (χ3n) is 4.02. The maximum Gasteiger partial charge on any atom is 0.00480 e. The molecule has 1 heterocycles. The van der Waals surface area contributed by atoms with Crippen molar-refractivity contribution in [3.63, 3.8) is 0 Å². The smallest absolute Gasteiger partial charge is 0.00480 e. The number of hydrogen-bond acceptors (Lipinski definition) is 2. The number of hydrogen-bond donors (Lipinski definition) is 1. The van der Waals surface area contributed by atoms with Gasteiger partial charge in [0.25, 0.3) is 0 Å². The molecular formula is C16H26N2. The lowest BCUT2D eigenvalue weighted by Gasteiger charge is -2.24. The molecule has 1 aromatic rings. The average molecular weight is 246 g/mol. The van der Waals surface area contributed by atoms with Gasteiger partial charge in [0, 0.05) is 13.1 Å². The van der Waals surface area contributed by atoms with Crippen molar-refractivity contribution >= 4 is 0 Å². The summed E-state index contributed by atoms with van der Waals surface area (Å²) in [6.07, 6.45) is 3.82. The summed E-state index contributed by atoms with van der Waals surface area (Å²) in [6, 6.07) is 10.8. The first-order valence-corrected chi connectivity index (χ1v) is 7.13. The zero-order valence-electron chi connectivity index (χ0n) is 11.8. The van der Waals surface area contributed by atoms with Crippen molar-refractivity contribution in [1.82, 2.24) is 10.2 Å². The topological polar surface area (TPSA) is 15.3 Å². The van der Waals surface area contributed by atoms with E-state index >= 15 is 0 Å². The third kappa shape index (κ3) is 3.82. The van der Waals surface area contributed by atoms with Gasteiger partial charge in [-0.2, -0.15) is 0 Å². The SMILES string of the molecule is CNCC1(C)CCN(CCCc2ccccc2)C1. The second kappa shape index (κ2) is 6.35. The van der Waals surface area contributed by atoms with Gasteiger partial charge < -0.3 is 10.2 Å². The minimum atomic E-state index is 0.488. The van der Waals surface area contributed by atoms with Crippen molar-refractivity contribution in [2.75, 3.05) is 33.2 Å². The van der Waals surface area contributed by atoms with Crippen molar-refractivity contribution in [3.8, 4) is 0 Å². The third-order valence-corrected chi connectivity index (χ3v) is 4.02. The monoisotopic (exact) mass is 246 g/mol. The summed E-state index contributed by atoms with van der Waals surface area (Å²) in [5, 5.41) is 3.33. The lowest BCUT2D eigenvalue weighted by atomic mass is 9.90. The van der Waals surface area contributed by atoms with Crippen LogP contribution < -0.4 is 5.32 Å². The van der Waals surface area contributed by atoms with Gasteiger partial charge in [0.15, 0.2) is 0 Å². The molecule has 0 aliphatic carbocycles. The fourth-order valence-electron chi connectivity index (χ4n) is 3.04. The molecule has 1 aliphatic heterocycles. The average Bonchev–Trinajstić information content (AvgIpc) is 2.73. The van der Waals surface area contributed by atoms with Crippen LogP contribution in [0, 0.1) is 5.41 Å². The molecule has 1 fully saturated rings. The van der Waals surface area contributed by atoms with Crippen molar-refractivity contribution < 1.29 is 0 Å². The quantitative estimate of drug-likeness (QED) is 0.830. The number of benzene rings is 1. The van der Waals surface area contributed by atoms with Gasteiger partial charge in [-0.05, 0) is 50.4 Å². The van der Waals surface area contributed by atoms with Gasteiger partial charge >= 0.3 is 0 Å². The second-order valence-corrected chi connectivity index (χ2v) is 5.96. The van der Waals surface area contributed by atoms with Crippen LogP contribution in [-0.4, -0.2) is 38.1 Å². The van der Waals surface area contributed by atoms with E-state index < -0.39 is 0 Å². The van der Waals surface area contributed by atoms with Crippen LogP contribution in [0.2, 0.25) is 0 Å². The minimum Gasteiger partial charge on any atom is -0.319 e. The molecule has 1 saturated heterocycles. The second-order valence-electron chi connectivity index (χ2n) is 5.96. The predicted molar refractivity (Wildman–Crippen MR) is 77.9 cm³/mol. The summed E-state index contributed by atoms with van der Waals surface area (Å²) in [7, 11) is 2.06. The molecule has 0 spiro atoms. The van der Waals surface area contributed by atoms with Gasteiger partial charge in [0.2, 0.25) is 0 Å². The summed E-state index contributed by atoms with van der Waals surface area (Å²) in [5.74, 6) is 0. The lowest BCUT2D eigenvalue weighted by molar-refractivity contribution is 0.269. The first-order chi connectivity index (χ1) is 8.72. The van der Waals surface area contributed by atoms with E-state index in [4.69, 9.17) is 0 Å². The van der Waals surface area contributed by atoms with Crippen LogP contribution in [0.15, 0.2) is 30.3 Å². The Morgan fingerprint density at radius 3 is 2.78 bits per heavy atom. The van der Waals surface area contributed by atoms with E-state index in [0.29, 0.717) is 5.41 Å². The summed E-state index contributed by atoms with van der Waals surface area (Å²) in [6.45, 7) is 7.31. The Labute approximate surface area is 111 Å². The predicted octanol–water partition coefficient (Wildman–Crippen LogP) is 2.55. The highest BCUT2D eigenvalue weighted by Gasteiger charge is 2.32. The lowest BCUT2D eigenvalue weighted by Crippen LogP contribution is -2.33. The van der Waals surface area contributed by atoms with E-state index in [9.17, 15) is 0 Å². The molecule has 0 aromatic heterocycles. The largest absolute Gasteiger partial charge is 0.319 e. The molecule has 2 heteroatoms. The van der Waals surface area contributed by atoms with Crippen LogP contribution in [0.4, 0.5) is 0 Å². The number of aryl methyl sites for hydroxylation is 1. The number of rotatable bonds is 6. The van der Waals surface area contributed by atoms with E-state index in [1.54, 1.807) is 0 Å². The van der Waals surface area contributed by atoms with E-state index in [-0.39, 0.29) is 0 Å². The first-order valence-electron chi connectivity index (χ1n) is 7.13. The molecule has 0 saturated carbocycles. The van der Waals surface area contributed by atoms with Crippen LogP contribution in [0.5, 0.6) is 0 Å². The van der Waals surface area contributed by atoms with E-state index in [2.05, 4.69) is 54.5 Å². The summed E-state index contributed by atoms with van der Waals surface area (Å²) in [5.41, 5.74) is 1.95. The molecule has 2 rings (SSSR count). The van der Waals surface area contributed by atoms with Gasteiger partial charge in [-0.3, -0.25) is 0 Å². The summed E-state index contributed by atoms with van der Waals surface area (Å²) >= 11 is 0. The Morgan fingerprint density at radius 1 is 1.28 bits per heavy atom. The van der Waals surface area contributed by atoms with Gasteiger partial charge in [-0.1, -0.05) is 37.3 Å². The number of nitrogens with one attached hydrogen (secondary N) is 1. The van der Waals surface area contributed by atoms with Crippen LogP contribution in [-0.2, 0) is 6.42 Å². The molecule has 1 aliphatic rings. The molecule has 1 unspecified atom stereocenters. The van der Waals surface area contributed by atoms with Crippen molar-refractivity contribution in [2.45, 2.75) is 26.2 Å². The van der Waals surface area contributed by atoms with Crippen LogP contribution in [0.1, 0.15) is 25.3 Å². The van der Waals surface area contributed by atoms with Gasteiger partial charge in [0.1, 0.15) is 0 Å². The molecule has 0 bridgehead atoms. The summed E-state index contributed by atoms with van der Waals surface area (Å²) in [4.78, 5) is 2.63.